The molecule has 0 saturated heterocycles. The SMILES string of the molecule is CC(C#N)(Nc1ccc(Cl)c(Br)c1)c1c(F)cccc1F. The molecule has 0 aliphatic rings. The third-order valence-electron chi connectivity index (χ3n) is 3.00. The average molecular weight is 372 g/mol. The van der Waals surface area contributed by atoms with E-state index in [0.717, 1.165) is 12.1 Å². The van der Waals surface area contributed by atoms with Crippen LogP contribution in [0.1, 0.15) is 12.5 Å². The summed E-state index contributed by atoms with van der Waals surface area (Å²) >= 11 is 9.15. The first-order valence-electron chi connectivity index (χ1n) is 5.96. The second-order valence-corrected chi connectivity index (χ2v) is 5.85. The molecule has 0 aliphatic carbocycles. The molecule has 0 amide bonds. The molecule has 0 radical (unpaired) electrons. The molecular weight excluding hydrogens is 362 g/mol. The molecule has 0 heterocycles. The number of nitrogens with one attached hydrogen (secondary N) is 1. The Labute approximate surface area is 134 Å². The van der Waals surface area contributed by atoms with E-state index in [1.54, 1.807) is 18.2 Å². The molecule has 6 heteroatoms. The molecule has 0 aliphatic heterocycles. The van der Waals surface area contributed by atoms with Crippen molar-refractivity contribution in [1.29, 1.82) is 5.26 Å². The largest absolute Gasteiger partial charge is 0.364 e. The van der Waals surface area contributed by atoms with Crippen molar-refractivity contribution >= 4 is 33.2 Å². The number of hydrogen-bond donors (Lipinski definition) is 1. The van der Waals surface area contributed by atoms with Crippen molar-refractivity contribution in [3.8, 4) is 6.07 Å². The monoisotopic (exact) mass is 370 g/mol. The summed E-state index contributed by atoms with van der Waals surface area (Å²) in [6.07, 6.45) is 0. The third kappa shape index (κ3) is 3.17. The molecule has 0 saturated carbocycles. The maximum Gasteiger partial charge on any atom is 0.153 e. The second kappa shape index (κ2) is 6.00. The van der Waals surface area contributed by atoms with E-state index in [9.17, 15) is 14.0 Å². The molecule has 2 aromatic rings. The van der Waals surface area contributed by atoms with E-state index in [0.29, 0.717) is 15.2 Å². The van der Waals surface area contributed by atoms with Crippen LogP contribution in [0.4, 0.5) is 14.5 Å². The van der Waals surface area contributed by atoms with Gasteiger partial charge in [-0.3, -0.25) is 0 Å². The summed E-state index contributed by atoms with van der Waals surface area (Å²) in [4.78, 5) is 0. The van der Waals surface area contributed by atoms with Crippen LogP contribution in [0.15, 0.2) is 40.9 Å². The smallest absolute Gasteiger partial charge is 0.153 e. The van der Waals surface area contributed by atoms with Crippen molar-refractivity contribution in [1.82, 2.24) is 0 Å². The van der Waals surface area contributed by atoms with Gasteiger partial charge in [0.1, 0.15) is 11.6 Å². The van der Waals surface area contributed by atoms with E-state index in [-0.39, 0.29) is 5.56 Å². The summed E-state index contributed by atoms with van der Waals surface area (Å²) in [5.41, 5.74) is -1.36. The van der Waals surface area contributed by atoms with Crippen molar-refractivity contribution < 1.29 is 8.78 Å². The zero-order valence-electron chi connectivity index (χ0n) is 10.9. The quantitative estimate of drug-likeness (QED) is 0.802. The van der Waals surface area contributed by atoms with Gasteiger partial charge in [-0.2, -0.15) is 5.26 Å². The van der Waals surface area contributed by atoms with Crippen LogP contribution < -0.4 is 5.32 Å². The van der Waals surface area contributed by atoms with Crippen LogP contribution in [0.3, 0.4) is 0 Å². The van der Waals surface area contributed by atoms with E-state index < -0.39 is 17.2 Å². The molecule has 0 spiro atoms. The number of nitriles is 1. The fourth-order valence-electron chi connectivity index (χ4n) is 1.98. The van der Waals surface area contributed by atoms with Gasteiger partial charge in [-0.25, -0.2) is 8.78 Å². The number of hydrogen-bond acceptors (Lipinski definition) is 2. The van der Waals surface area contributed by atoms with Gasteiger partial charge in [-0.1, -0.05) is 17.7 Å². The minimum atomic E-state index is -1.55. The number of halogens is 4. The molecule has 2 aromatic carbocycles. The zero-order valence-corrected chi connectivity index (χ0v) is 13.3. The van der Waals surface area contributed by atoms with Gasteiger partial charge in [-0.05, 0) is 53.2 Å². The average Bonchev–Trinajstić information content (AvgIpc) is 2.43. The molecule has 1 atom stereocenters. The van der Waals surface area contributed by atoms with E-state index >= 15 is 0 Å². The number of anilines is 1. The van der Waals surface area contributed by atoms with Crippen molar-refractivity contribution in [2.45, 2.75) is 12.5 Å². The summed E-state index contributed by atoms with van der Waals surface area (Å²) in [6.45, 7) is 1.41. The number of rotatable bonds is 3. The molecule has 0 aromatic heterocycles. The van der Waals surface area contributed by atoms with Crippen LogP contribution in [0, 0.1) is 23.0 Å². The highest BCUT2D eigenvalue weighted by molar-refractivity contribution is 9.10. The van der Waals surface area contributed by atoms with Gasteiger partial charge in [0.2, 0.25) is 0 Å². The Hall–Kier alpha value is -1.64. The topological polar surface area (TPSA) is 35.8 Å². The van der Waals surface area contributed by atoms with E-state index in [4.69, 9.17) is 11.6 Å². The molecule has 108 valence electrons. The lowest BCUT2D eigenvalue weighted by atomic mass is 9.92. The molecule has 2 nitrogen and oxygen atoms in total. The summed E-state index contributed by atoms with van der Waals surface area (Å²) < 4.78 is 28.4. The Bertz CT molecular complexity index is 710. The molecule has 0 fully saturated rings. The lowest BCUT2D eigenvalue weighted by molar-refractivity contribution is 0.514. The second-order valence-electron chi connectivity index (χ2n) is 4.59. The van der Waals surface area contributed by atoms with Crippen molar-refractivity contribution in [3.63, 3.8) is 0 Å². The standard InChI is InChI=1S/C15H10BrClF2N2/c1-15(8-20,14-12(18)3-2-4-13(14)19)21-9-5-6-11(17)10(16)7-9/h2-7,21H,1H3. The molecule has 1 unspecified atom stereocenters. The summed E-state index contributed by atoms with van der Waals surface area (Å²) in [5.74, 6) is -1.56. The van der Waals surface area contributed by atoms with Crippen LogP contribution in [0.25, 0.3) is 0 Å². The Balaban J connectivity index is 2.47. The van der Waals surface area contributed by atoms with Gasteiger partial charge in [-0.15, -0.1) is 0 Å². The van der Waals surface area contributed by atoms with E-state index in [1.807, 2.05) is 6.07 Å². The van der Waals surface area contributed by atoms with E-state index in [2.05, 4.69) is 21.2 Å². The van der Waals surface area contributed by atoms with Gasteiger partial charge in [0, 0.05) is 10.2 Å². The minimum Gasteiger partial charge on any atom is -0.364 e. The van der Waals surface area contributed by atoms with Crippen LogP contribution in [0.5, 0.6) is 0 Å². The fourth-order valence-corrected chi connectivity index (χ4v) is 2.48. The molecular formula is C15H10BrClF2N2. The van der Waals surface area contributed by atoms with Crippen LogP contribution in [-0.2, 0) is 5.54 Å². The highest BCUT2D eigenvalue weighted by Gasteiger charge is 2.32. The summed E-state index contributed by atoms with van der Waals surface area (Å²) in [5, 5.41) is 12.7. The first-order valence-corrected chi connectivity index (χ1v) is 7.13. The van der Waals surface area contributed by atoms with Crippen molar-refractivity contribution in [3.05, 3.63) is 63.1 Å². The predicted octanol–water partition coefficient (Wildman–Crippen LogP) is 5.23. The Morgan fingerprint density at radius 3 is 2.38 bits per heavy atom. The summed E-state index contributed by atoms with van der Waals surface area (Å²) in [6, 6.07) is 10.3. The van der Waals surface area contributed by atoms with Gasteiger partial charge in [0.05, 0.1) is 16.7 Å². The normalized spacial score (nSPS) is 13.3. The Kier molecular flexibility index (Phi) is 4.50. The molecule has 0 bridgehead atoms. The number of nitrogens with zero attached hydrogens (tertiary/aromatic N) is 1. The first kappa shape index (κ1) is 15.7. The van der Waals surface area contributed by atoms with Gasteiger partial charge < -0.3 is 5.32 Å². The summed E-state index contributed by atoms with van der Waals surface area (Å²) in [7, 11) is 0. The lowest BCUT2D eigenvalue weighted by Crippen LogP contribution is -2.32. The molecule has 21 heavy (non-hydrogen) atoms. The maximum absolute atomic E-state index is 13.9. The highest BCUT2D eigenvalue weighted by Crippen LogP contribution is 2.32. The molecule has 1 N–H and O–H groups in total. The van der Waals surface area contributed by atoms with E-state index in [1.165, 1.54) is 13.0 Å². The maximum atomic E-state index is 13.9. The first-order chi connectivity index (χ1) is 9.87. The van der Waals surface area contributed by atoms with Crippen molar-refractivity contribution in [2.24, 2.45) is 0 Å². The van der Waals surface area contributed by atoms with Gasteiger partial charge >= 0.3 is 0 Å². The van der Waals surface area contributed by atoms with Crippen molar-refractivity contribution in [2.75, 3.05) is 5.32 Å². The van der Waals surface area contributed by atoms with Gasteiger partial charge in [0.25, 0.3) is 0 Å². The molecule has 2 rings (SSSR count). The Morgan fingerprint density at radius 2 is 1.86 bits per heavy atom. The number of benzene rings is 2. The van der Waals surface area contributed by atoms with Crippen LogP contribution in [0.2, 0.25) is 5.02 Å². The minimum absolute atomic E-state index is 0.321. The zero-order chi connectivity index (χ0) is 15.6. The van der Waals surface area contributed by atoms with Crippen LogP contribution in [-0.4, -0.2) is 0 Å². The fraction of sp³-hybridized carbons (Fsp3) is 0.133. The van der Waals surface area contributed by atoms with Crippen LogP contribution >= 0.6 is 27.5 Å². The Morgan fingerprint density at radius 1 is 1.24 bits per heavy atom. The van der Waals surface area contributed by atoms with Gasteiger partial charge in [0.15, 0.2) is 5.54 Å². The highest BCUT2D eigenvalue weighted by atomic mass is 79.9. The predicted molar refractivity (Wildman–Crippen MR) is 82.1 cm³/mol. The lowest BCUT2D eigenvalue weighted by Gasteiger charge is -2.26. The third-order valence-corrected chi connectivity index (χ3v) is 4.21.